The molecule has 2 atom stereocenters. The Morgan fingerprint density at radius 2 is 1.79 bits per heavy atom. The van der Waals surface area contributed by atoms with Gasteiger partial charge in [-0.25, -0.2) is 0 Å². The lowest BCUT2D eigenvalue weighted by atomic mass is 10.0. The zero-order valence-corrected chi connectivity index (χ0v) is 16.0. The average Bonchev–Trinajstić information content (AvgIpc) is 3.41. The van der Waals surface area contributed by atoms with Crippen molar-refractivity contribution in [2.24, 2.45) is 0 Å². The molecule has 0 amide bonds. The number of aromatic amines is 1. The van der Waals surface area contributed by atoms with Crippen LogP contribution in [0.5, 0.6) is 17.2 Å². The number of para-hydroxylation sites is 1. The predicted octanol–water partition coefficient (Wildman–Crippen LogP) is 2.64. The Kier molecular flexibility index (Phi) is 4.93. The second kappa shape index (κ2) is 7.53. The number of fused-ring (bicyclic) bond motifs is 1. The van der Waals surface area contributed by atoms with Gasteiger partial charge in [-0.3, -0.25) is 15.4 Å². The molecule has 1 aliphatic rings. The van der Waals surface area contributed by atoms with E-state index in [9.17, 15) is 4.79 Å². The van der Waals surface area contributed by atoms with Crippen LogP contribution >= 0.6 is 0 Å². The molecule has 7 heteroatoms. The lowest BCUT2D eigenvalue weighted by Gasteiger charge is -2.16. The summed E-state index contributed by atoms with van der Waals surface area (Å²) in [4.78, 5) is 16.4. The standard InChI is InChI=1S/C21H23N3O4/c1-26-16-9-13(10-17(27-2)20(16)28-3)19(25)15-11-23-21(24-15)14-6-4-5-12-7-8-22-18(12)14/h4-10,15,21-24H,11H2,1-3H3. The van der Waals surface area contributed by atoms with Gasteiger partial charge in [0.05, 0.1) is 39.1 Å². The van der Waals surface area contributed by atoms with Crippen molar-refractivity contribution >= 4 is 16.7 Å². The second-order valence-corrected chi connectivity index (χ2v) is 6.63. The Bertz CT molecular complexity index is 989. The van der Waals surface area contributed by atoms with Crippen molar-refractivity contribution in [3.63, 3.8) is 0 Å². The SMILES string of the molecule is COc1cc(C(=O)C2CNC(c3cccc4cc[nH]c34)N2)cc(OC)c1OC. The van der Waals surface area contributed by atoms with Gasteiger partial charge in [-0.1, -0.05) is 18.2 Å². The van der Waals surface area contributed by atoms with Crippen LogP contribution < -0.4 is 24.8 Å². The van der Waals surface area contributed by atoms with E-state index >= 15 is 0 Å². The summed E-state index contributed by atoms with van der Waals surface area (Å²) in [7, 11) is 4.61. The number of rotatable bonds is 6. The van der Waals surface area contributed by atoms with Crippen LogP contribution in [0.4, 0.5) is 0 Å². The Morgan fingerprint density at radius 3 is 2.46 bits per heavy atom. The third-order valence-corrected chi connectivity index (χ3v) is 5.09. The number of H-pyrrole nitrogens is 1. The van der Waals surface area contributed by atoms with Crippen LogP contribution in [-0.4, -0.2) is 44.7 Å². The number of benzene rings is 2. The van der Waals surface area contributed by atoms with Gasteiger partial charge in [0.25, 0.3) is 0 Å². The number of hydrogen-bond donors (Lipinski definition) is 3. The van der Waals surface area contributed by atoms with Crippen LogP contribution in [0.15, 0.2) is 42.6 Å². The first kappa shape index (κ1) is 18.3. The largest absolute Gasteiger partial charge is 0.493 e. The number of hydrogen-bond acceptors (Lipinski definition) is 6. The summed E-state index contributed by atoms with van der Waals surface area (Å²) < 4.78 is 16.1. The summed E-state index contributed by atoms with van der Waals surface area (Å²) in [6.45, 7) is 0.525. The molecule has 1 saturated heterocycles. The monoisotopic (exact) mass is 381 g/mol. The summed E-state index contributed by atoms with van der Waals surface area (Å²) >= 11 is 0. The van der Waals surface area contributed by atoms with Crippen molar-refractivity contribution in [2.45, 2.75) is 12.2 Å². The van der Waals surface area contributed by atoms with E-state index < -0.39 is 0 Å². The molecule has 3 N–H and O–H groups in total. The number of methoxy groups -OCH3 is 3. The molecule has 0 aliphatic carbocycles. The van der Waals surface area contributed by atoms with Gasteiger partial charge in [0.15, 0.2) is 17.3 Å². The highest BCUT2D eigenvalue weighted by atomic mass is 16.5. The first-order valence-corrected chi connectivity index (χ1v) is 9.06. The van der Waals surface area contributed by atoms with Crippen molar-refractivity contribution in [1.29, 1.82) is 0 Å². The maximum absolute atomic E-state index is 13.1. The number of ether oxygens (including phenoxy) is 3. The Balaban J connectivity index is 1.59. The van der Waals surface area contributed by atoms with Crippen LogP contribution in [0.25, 0.3) is 10.9 Å². The van der Waals surface area contributed by atoms with Crippen LogP contribution in [0.3, 0.4) is 0 Å². The highest BCUT2D eigenvalue weighted by Gasteiger charge is 2.32. The lowest BCUT2D eigenvalue weighted by molar-refractivity contribution is 0.0954. The quantitative estimate of drug-likeness (QED) is 0.569. The van der Waals surface area contributed by atoms with E-state index in [1.54, 1.807) is 12.1 Å². The van der Waals surface area contributed by atoms with E-state index in [0.717, 1.165) is 16.5 Å². The average molecular weight is 381 g/mol. The molecule has 0 radical (unpaired) electrons. The fourth-order valence-corrected chi connectivity index (χ4v) is 3.70. The van der Waals surface area contributed by atoms with Gasteiger partial charge in [0.1, 0.15) is 0 Å². The zero-order chi connectivity index (χ0) is 19.7. The van der Waals surface area contributed by atoms with Crippen LogP contribution in [0, 0.1) is 0 Å². The topological polar surface area (TPSA) is 84.6 Å². The molecule has 146 valence electrons. The van der Waals surface area contributed by atoms with Gasteiger partial charge in [-0.2, -0.15) is 0 Å². The van der Waals surface area contributed by atoms with E-state index in [1.165, 1.54) is 21.3 Å². The fourth-order valence-electron chi connectivity index (χ4n) is 3.70. The molecule has 4 rings (SSSR count). The highest BCUT2D eigenvalue weighted by Crippen LogP contribution is 2.38. The molecule has 28 heavy (non-hydrogen) atoms. The minimum Gasteiger partial charge on any atom is -0.493 e. The molecule has 2 unspecified atom stereocenters. The van der Waals surface area contributed by atoms with Gasteiger partial charge in [-0.05, 0) is 23.6 Å². The molecule has 2 heterocycles. The van der Waals surface area contributed by atoms with E-state index in [-0.39, 0.29) is 18.0 Å². The van der Waals surface area contributed by atoms with Gasteiger partial charge in [0, 0.05) is 23.9 Å². The number of nitrogens with one attached hydrogen (secondary N) is 3. The minimum atomic E-state index is -0.363. The number of carbonyl (C=O) groups excluding carboxylic acids is 1. The Morgan fingerprint density at radius 1 is 1.04 bits per heavy atom. The molecule has 0 spiro atoms. The van der Waals surface area contributed by atoms with Crippen LogP contribution in [-0.2, 0) is 0 Å². The molecule has 0 saturated carbocycles. The van der Waals surface area contributed by atoms with E-state index in [0.29, 0.717) is 29.4 Å². The van der Waals surface area contributed by atoms with E-state index in [1.807, 2.05) is 18.3 Å². The summed E-state index contributed by atoms with van der Waals surface area (Å²) in [5, 5.41) is 7.93. The van der Waals surface area contributed by atoms with Crippen molar-refractivity contribution < 1.29 is 19.0 Å². The van der Waals surface area contributed by atoms with Crippen LogP contribution in [0.1, 0.15) is 22.1 Å². The minimum absolute atomic E-state index is 0.0343. The van der Waals surface area contributed by atoms with Crippen molar-refractivity contribution in [3.05, 3.63) is 53.7 Å². The Labute approximate surface area is 163 Å². The first-order chi connectivity index (χ1) is 13.7. The molecule has 2 aromatic carbocycles. The smallest absolute Gasteiger partial charge is 0.203 e. The van der Waals surface area contributed by atoms with E-state index in [2.05, 4.69) is 27.8 Å². The third kappa shape index (κ3) is 3.08. The van der Waals surface area contributed by atoms with Gasteiger partial charge in [-0.15, -0.1) is 0 Å². The third-order valence-electron chi connectivity index (χ3n) is 5.09. The summed E-state index contributed by atoms with van der Waals surface area (Å²) in [6, 6.07) is 11.2. The maximum atomic E-state index is 13.1. The predicted molar refractivity (Wildman–Crippen MR) is 106 cm³/mol. The van der Waals surface area contributed by atoms with E-state index in [4.69, 9.17) is 14.2 Å². The second-order valence-electron chi connectivity index (χ2n) is 6.63. The summed E-state index contributed by atoms with van der Waals surface area (Å²) in [5.41, 5.74) is 2.66. The highest BCUT2D eigenvalue weighted by molar-refractivity contribution is 6.01. The number of Topliss-reactive ketones (excluding diaryl/α,β-unsaturated/α-hetero) is 1. The fraction of sp³-hybridized carbons (Fsp3) is 0.286. The van der Waals surface area contributed by atoms with Crippen molar-refractivity contribution in [2.75, 3.05) is 27.9 Å². The normalized spacial score (nSPS) is 19.0. The number of ketones is 1. The lowest BCUT2D eigenvalue weighted by Crippen LogP contribution is -2.34. The van der Waals surface area contributed by atoms with Crippen molar-refractivity contribution in [1.82, 2.24) is 15.6 Å². The summed E-state index contributed by atoms with van der Waals surface area (Å²) in [5.74, 6) is 1.36. The molecule has 0 bridgehead atoms. The molecule has 3 aromatic rings. The maximum Gasteiger partial charge on any atom is 0.203 e. The number of aromatic nitrogens is 1. The molecule has 7 nitrogen and oxygen atoms in total. The van der Waals surface area contributed by atoms with Gasteiger partial charge in [0.2, 0.25) is 5.75 Å². The van der Waals surface area contributed by atoms with Gasteiger partial charge >= 0.3 is 0 Å². The molecular weight excluding hydrogens is 358 g/mol. The van der Waals surface area contributed by atoms with Gasteiger partial charge < -0.3 is 19.2 Å². The molecule has 1 aliphatic heterocycles. The Hall–Kier alpha value is -3.03. The zero-order valence-electron chi connectivity index (χ0n) is 16.0. The summed E-state index contributed by atoms with van der Waals surface area (Å²) in [6.07, 6.45) is 1.81. The van der Waals surface area contributed by atoms with Crippen molar-refractivity contribution in [3.8, 4) is 17.2 Å². The molecule has 1 aromatic heterocycles. The molecule has 1 fully saturated rings. The first-order valence-electron chi connectivity index (χ1n) is 9.06. The van der Waals surface area contributed by atoms with Crippen LogP contribution in [0.2, 0.25) is 0 Å². The molecular formula is C21H23N3O4. The number of carbonyl (C=O) groups is 1.